The minimum atomic E-state index is -0.658. The number of rotatable bonds is 3. The fourth-order valence-electron chi connectivity index (χ4n) is 9.14. The number of ketones is 2. The number of carbonyl (C=O) groups excluding carboxylic acids is 2. The number of aliphatic hydroxyl groups excluding tert-OH is 1. The van der Waals surface area contributed by atoms with E-state index in [-0.39, 0.29) is 64.7 Å². The Bertz CT molecular complexity index is 946. The number of Topliss-reactive ketones (excluding diaryl/α,β-unsaturated/α-hetero) is 2. The van der Waals surface area contributed by atoms with Crippen LogP contribution in [0.1, 0.15) is 66.2 Å². The van der Waals surface area contributed by atoms with Crippen molar-refractivity contribution in [3.63, 3.8) is 0 Å². The molecule has 6 aliphatic rings. The summed E-state index contributed by atoms with van der Waals surface area (Å²) in [4.78, 5) is 27.4. The first-order valence-corrected chi connectivity index (χ1v) is 13.5. The van der Waals surface area contributed by atoms with E-state index >= 15 is 0 Å². The summed E-state index contributed by atoms with van der Waals surface area (Å²) in [5, 5.41) is 10.3. The van der Waals surface area contributed by atoms with Crippen molar-refractivity contribution in [2.45, 2.75) is 109 Å². The van der Waals surface area contributed by atoms with Crippen LogP contribution >= 0.6 is 0 Å². The van der Waals surface area contributed by atoms with Gasteiger partial charge >= 0.3 is 0 Å². The summed E-state index contributed by atoms with van der Waals surface area (Å²) < 4.78 is 24.1. The summed E-state index contributed by atoms with van der Waals surface area (Å²) in [6.07, 6.45) is 4.37. The van der Waals surface area contributed by atoms with Crippen LogP contribution in [0.4, 0.5) is 0 Å². The third-order valence-electron chi connectivity index (χ3n) is 10.9. The Labute approximate surface area is 207 Å². The van der Waals surface area contributed by atoms with Crippen LogP contribution in [0.25, 0.3) is 0 Å². The molecule has 13 atom stereocenters. The Morgan fingerprint density at radius 3 is 2.60 bits per heavy atom. The van der Waals surface area contributed by atoms with Gasteiger partial charge in [0.2, 0.25) is 0 Å². The molecule has 194 valence electrons. The van der Waals surface area contributed by atoms with Crippen LogP contribution in [0.15, 0.2) is 11.6 Å². The molecule has 2 saturated heterocycles. The predicted molar refractivity (Wildman–Crippen MR) is 126 cm³/mol. The Kier molecular flexibility index (Phi) is 5.67. The fourth-order valence-corrected chi connectivity index (χ4v) is 9.14. The highest BCUT2D eigenvalue weighted by Gasteiger charge is 2.72. The van der Waals surface area contributed by atoms with Crippen LogP contribution in [-0.4, -0.2) is 66.7 Å². The molecule has 35 heavy (non-hydrogen) atoms. The number of carbonyl (C=O) groups is 2. The molecule has 1 unspecified atom stereocenters. The fraction of sp³-hybridized carbons (Fsp3) is 0.857. The first-order chi connectivity index (χ1) is 16.6. The van der Waals surface area contributed by atoms with Gasteiger partial charge in [0.15, 0.2) is 12.1 Å². The smallest absolute Gasteiger partial charge is 0.166 e. The maximum absolute atomic E-state index is 14.1. The molecule has 4 aliphatic carbocycles. The zero-order chi connectivity index (χ0) is 24.9. The number of aliphatic hydroxyl groups is 1. The number of ether oxygens (including phenoxy) is 4. The van der Waals surface area contributed by atoms with Gasteiger partial charge in [0.05, 0.1) is 24.4 Å². The summed E-state index contributed by atoms with van der Waals surface area (Å²) in [7, 11) is 1.61. The molecular formula is C28H40O7. The van der Waals surface area contributed by atoms with Gasteiger partial charge in [0, 0.05) is 43.1 Å². The van der Waals surface area contributed by atoms with Gasteiger partial charge < -0.3 is 24.1 Å². The van der Waals surface area contributed by atoms with E-state index in [1.54, 1.807) is 7.11 Å². The maximum Gasteiger partial charge on any atom is 0.166 e. The molecule has 3 saturated carbocycles. The van der Waals surface area contributed by atoms with Crippen molar-refractivity contribution >= 4 is 11.6 Å². The summed E-state index contributed by atoms with van der Waals surface area (Å²) in [6.45, 7) is 8.27. The molecule has 1 N–H and O–H groups in total. The third-order valence-corrected chi connectivity index (χ3v) is 10.9. The minimum absolute atomic E-state index is 0.0000260. The number of fused-ring (bicyclic) bond motifs is 4. The third kappa shape index (κ3) is 3.27. The summed E-state index contributed by atoms with van der Waals surface area (Å²) in [5.41, 5.74) is 0.668. The van der Waals surface area contributed by atoms with Gasteiger partial charge in [-0.05, 0) is 50.9 Å². The molecule has 0 bridgehead atoms. The zero-order valence-corrected chi connectivity index (χ0v) is 21.6. The van der Waals surface area contributed by atoms with E-state index in [0.717, 1.165) is 25.7 Å². The molecule has 7 nitrogen and oxygen atoms in total. The van der Waals surface area contributed by atoms with Crippen LogP contribution in [0.2, 0.25) is 0 Å². The molecule has 0 radical (unpaired) electrons. The van der Waals surface area contributed by atoms with Crippen molar-refractivity contribution in [1.82, 2.24) is 0 Å². The minimum Gasteiger partial charge on any atom is -0.388 e. The highest BCUT2D eigenvalue weighted by atomic mass is 16.7. The second-order valence-electron chi connectivity index (χ2n) is 12.5. The van der Waals surface area contributed by atoms with E-state index < -0.39 is 18.5 Å². The van der Waals surface area contributed by atoms with Crippen LogP contribution in [0.3, 0.4) is 0 Å². The number of allylic oxidation sites excluding steroid dienone is 1. The van der Waals surface area contributed by atoms with Gasteiger partial charge in [-0.2, -0.15) is 0 Å². The normalized spacial score (nSPS) is 55.3. The summed E-state index contributed by atoms with van der Waals surface area (Å²) in [6, 6.07) is 0. The highest BCUT2D eigenvalue weighted by Crippen LogP contribution is 2.67. The quantitative estimate of drug-likeness (QED) is 0.610. The molecule has 0 aromatic carbocycles. The lowest BCUT2D eigenvalue weighted by Gasteiger charge is -2.57. The van der Waals surface area contributed by atoms with Crippen molar-refractivity contribution < 1.29 is 33.6 Å². The maximum atomic E-state index is 14.1. The van der Waals surface area contributed by atoms with Crippen molar-refractivity contribution in [2.75, 3.05) is 7.11 Å². The number of methoxy groups -OCH3 is 1. The van der Waals surface area contributed by atoms with E-state index in [2.05, 4.69) is 19.9 Å². The van der Waals surface area contributed by atoms with Crippen LogP contribution in [-0.2, 0) is 28.5 Å². The van der Waals surface area contributed by atoms with Crippen LogP contribution in [0.5, 0.6) is 0 Å². The topological polar surface area (TPSA) is 91.3 Å². The van der Waals surface area contributed by atoms with Crippen LogP contribution < -0.4 is 0 Å². The lowest BCUT2D eigenvalue weighted by Crippen LogP contribution is -2.61. The van der Waals surface area contributed by atoms with E-state index in [9.17, 15) is 14.7 Å². The Morgan fingerprint density at radius 1 is 1.09 bits per heavy atom. The first-order valence-electron chi connectivity index (χ1n) is 13.5. The van der Waals surface area contributed by atoms with Gasteiger partial charge in [-0.1, -0.05) is 25.5 Å². The van der Waals surface area contributed by atoms with Crippen molar-refractivity contribution in [1.29, 1.82) is 0 Å². The average Bonchev–Trinajstić information content (AvgIpc) is 3.23. The van der Waals surface area contributed by atoms with E-state index in [1.807, 2.05) is 13.8 Å². The van der Waals surface area contributed by atoms with Crippen molar-refractivity contribution in [2.24, 2.45) is 34.5 Å². The standard InChI is InChI=1S/C28H40O7/c1-13-18-11-19(29)22-17-7-6-15-10-16(35-21-12-20(32-5)24(30)14(2)33-21)8-9-27(15,3)23(17)25(31)26(34-13)28(18,22)4/h6,13-14,16-18,20-24,26,30H,7-12H2,1-5H3/t13-,14+,16-,17-,18+,20+,21?,22-,23+,24-,26+,27-,28+/m0/s1. The van der Waals surface area contributed by atoms with Gasteiger partial charge in [0.25, 0.3) is 0 Å². The Hall–Kier alpha value is -1.12. The Morgan fingerprint density at radius 2 is 1.86 bits per heavy atom. The van der Waals surface area contributed by atoms with Gasteiger partial charge in [-0.3, -0.25) is 9.59 Å². The second-order valence-corrected chi connectivity index (χ2v) is 12.5. The summed E-state index contributed by atoms with van der Waals surface area (Å²) in [5.74, 6) is 0.557. The van der Waals surface area contributed by atoms with Gasteiger partial charge in [0.1, 0.15) is 18.0 Å². The first kappa shape index (κ1) is 24.2. The zero-order valence-electron chi connectivity index (χ0n) is 21.6. The van der Waals surface area contributed by atoms with E-state index in [4.69, 9.17) is 18.9 Å². The number of hydrogen-bond donors (Lipinski definition) is 1. The van der Waals surface area contributed by atoms with E-state index in [0.29, 0.717) is 18.6 Å². The monoisotopic (exact) mass is 488 g/mol. The lowest BCUT2D eigenvalue weighted by molar-refractivity contribution is -0.265. The largest absolute Gasteiger partial charge is 0.388 e. The van der Waals surface area contributed by atoms with Crippen molar-refractivity contribution in [3.8, 4) is 0 Å². The molecule has 2 aliphatic heterocycles. The predicted octanol–water partition coefficient (Wildman–Crippen LogP) is 3.22. The van der Waals surface area contributed by atoms with E-state index in [1.165, 1.54) is 5.57 Å². The summed E-state index contributed by atoms with van der Waals surface area (Å²) >= 11 is 0. The second kappa shape index (κ2) is 8.19. The van der Waals surface area contributed by atoms with Crippen LogP contribution in [0, 0.1) is 34.5 Å². The molecule has 0 spiro atoms. The van der Waals surface area contributed by atoms with Gasteiger partial charge in [-0.25, -0.2) is 0 Å². The molecule has 0 amide bonds. The molecular weight excluding hydrogens is 448 g/mol. The molecule has 7 heteroatoms. The molecule has 0 aromatic heterocycles. The SMILES string of the molecule is CO[C@@H]1CC(O[C@H]2CC[C@@]3(C)C(=CC[C@H]4[C@H]5C(=O)C[C@@H]6[C@H](C)O[C@H](C(=O)[C@@H]43)[C@]65C)C2)O[C@H](C)[C@@H]1O. The Balaban J connectivity index is 1.23. The molecule has 2 heterocycles. The molecule has 0 aromatic rings. The van der Waals surface area contributed by atoms with Crippen molar-refractivity contribution in [3.05, 3.63) is 11.6 Å². The number of hydrogen-bond acceptors (Lipinski definition) is 7. The average molecular weight is 489 g/mol. The lowest BCUT2D eigenvalue weighted by atomic mass is 9.46. The molecule has 5 fully saturated rings. The highest BCUT2D eigenvalue weighted by molar-refractivity contribution is 5.96. The van der Waals surface area contributed by atoms with Gasteiger partial charge in [-0.15, -0.1) is 0 Å². The molecule has 6 rings (SSSR count).